The van der Waals surface area contributed by atoms with Crippen LogP contribution in [0.3, 0.4) is 0 Å². The van der Waals surface area contributed by atoms with E-state index in [2.05, 4.69) is 9.62 Å². The van der Waals surface area contributed by atoms with E-state index in [-0.39, 0.29) is 28.8 Å². The minimum Gasteiger partial charge on any atom is -0.299 e. The number of amides is 1. The molecular weight excluding hydrogens is 378 g/mol. The smallest absolute Gasteiger partial charge is 0.242 e. The maximum Gasteiger partial charge on any atom is 0.242 e. The fraction of sp³-hybridized carbons (Fsp3) is 0.562. The molecule has 8 nitrogen and oxygen atoms in total. The highest BCUT2D eigenvalue weighted by molar-refractivity contribution is 7.94. The molecule has 2 aliphatic rings. The molecule has 2 aliphatic heterocycles. The average molecular weight is 402 g/mol. The SMILES string of the molecule is CC(CNS(=O)(=O)c1ccc(N2C(=O)CCS2(=O)=O)cc1)N1CCCC1. The van der Waals surface area contributed by atoms with Crippen LogP contribution >= 0.6 is 0 Å². The van der Waals surface area contributed by atoms with Crippen LogP contribution in [-0.4, -0.2) is 59.1 Å². The summed E-state index contributed by atoms with van der Waals surface area (Å²) in [7, 11) is -7.35. The van der Waals surface area contributed by atoms with Crippen molar-refractivity contribution in [3.05, 3.63) is 24.3 Å². The fourth-order valence-corrected chi connectivity index (χ4v) is 5.84. The molecule has 0 aliphatic carbocycles. The molecule has 0 saturated carbocycles. The van der Waals surface area contributed by atoms with Crippen LogP contribution < -0.4 is 9.03 Å². The number of carbonyl (C=O) groups excluding carboxylic acids is 1. The Hall–Kier alpha value is -1.49. The van der Waals surface area contributed by atoms with Gasteiger partial charge in [-0.3, -0.25) is 9.69 Å². The second-order valence-electron chi connectivity index (χ2n) is 6.66. The van der Waals surface area contributed by atoms with Crippen molar-refractivity contribution in [2.75, 3.05) is 29.7 Å². The number of benzene rings is 1. The van der Waals surface area contributed by atoms with Gasteiger partial charge in [0.05, 0.1) is 16.3 Å². The number of sulfonamides is 2. The van der Waals surface area contributed by atoms with Crippen LogP contribution in [0.2, 0.25) is 0 Å². The van der Waals surface area contributed by atoms with Gasteiger partial charge in [-0.25, -0.2) is 25.9 Å². The average Bonchev–Trinajstić information content (AvgIpc) is 3.21. The molecule has 1 aromatic rings. The summed E-state index contributed by atoms with van der Waals surface area (Å²) in [4.78, 5) is 14.1. The van der Waals surface area contributed by atoms with Gasteiger partial charge in [0, 0.05) is 19.0 Å². The molecule has 0 aromatic heterocycles. The summed E-state index contributed by atoms with van der Waals surface area (Å²) in [5, 5.41) is 0. The topological polar surface area (TPSA) is 104 Å². The number of carbonyl (C=O) groups is 1. The Morgan fingerprint density at radius 1 is 1.15 bits per heavy atom. The first-order valence-electron chi connectivity index (χ1n) is 8.60. The standard InChI is InChI=1S/C16H23N3O5S2/c1-13(18-9-2-3-10-18)12-17-26(23,24)15-6-4-14(5-7-15)19-16(20)8-11-25(19,21)22/h4-7,13,17H,2-3,8-12H2,1H3. The van der Waals surface area contributed by atoms with Crippen molar-refractivity contribution in [2.45, 2.75) is 37.1 Å². The predicted octanol–water partition coefficient (Wildman–Crippen LogP) is 0.516. The lowest BCUT2D eigenvalue weighted by Crippen LogP contribution is -2.40. The van der Waals surface area contributed by atoms with E-state index in [1.165, 1.54) is 24.3 Å². The summed E-state index contributed by atoms with van der Waals surface area (Å²) in [5.74, 6) is -0.722. The highest BCUT2D eigenvalue weighted by Gasteiger charge is 2.36. The number of rotatable bonds is 6. The summed E-state index contributed by atoms with van der Waals surface area (Å²) in [6, 6.07) is 5.44. The summed E-state index contributed by atoms with van der Waals surface area (Å²) in [6.07, 6.45) is 2.21. The largest absolute Gasteiger partial charge is 0.299 e. The molecule has 1 atom stereocenters. The zero-order valence-electron chi connectivity index (χ0n) is 14.6. The first-order chi connectivity index (χ1) is 12.2. The maximum absolute atomic E-state index is 12.4. The van der Waals surface area contributed by atoms with E-state index >= 15 is 0 Å². The van der Waals surface area contributed by atoms with Gasteiger partial charge < -0.3 is 0 Å². The third kappa shape index (κ3) is 3.93. The van der Waals surface area contributed by atoms with Gasteiger partial charge in [-0.2, -0.15) is 0 Å². The van der Waals surface area contributed by atoms with Crippen molar-refractivity contribution < 1.29 is 21.6 Å². The molecule has 1 amide bonds. The number of hydrogen-bond acceptors (Lipinski definition) is 6. The minimum absolute atomic E-state index is 0.0407. The van der Waals surface area contributed by atoms with Gasteiger partial charge in [-0.05, 0) is 57.1 Å². The van der Waals surface area contributed by atoms with E-state index in [1.54, 1.807) is 0 Å². The van der Waals surface area contributed by atoms with Gasteiger partial charge in [0.2, 0.25) is 26.0 Å². The van der Waals surface area contributed by atoms with Crippen molar-refractivity contribution >= 4 is 31.6 Å². The predicted molar refractivity (Wildman–Crippen MR) is 97.8 cm³/mol. The summed E-state index contributed by atoms with van der Waals surface area (Å²) < 4.78 is 52.1. The van der Waals surface area contributed by atoms with Gasteiger partial charge in [0.1, 0.15) is 0 Å². The molecule has 0 bridgehead atoms. The van der Waals surface area contributed by atoms with E-state index in [0.717, 1.165) is 30.2 Å². The molecule has 1 N–H and O–H groups in total. The van der Waals surface area contributed by atoms with Crippen molar-refractivity contribution in [3.8, 4) is 0 Å². The maximum atomic E-state index is 12.4. The van der Waals surface area contributed by atoms with Crippen LogP contribution in [0.15, 0.2) is 29.2 Å². The highest BCUT2D eigenvalue weighted by Crippen LogP contribution is 2.26. The van der Waals surface area contributed by atoms with Crippen LogP contribution in [0.1, 0.15) is 26.2 Å². The Balaban J connectivity index is 1.70. The van der Waals surface area contributed by atoms with Crippen LogP contribution in [0.25, 0.3) is 0 Å². The van der Waals surface area contributed by atoms with Crippen LogP contribution in [0.5, 0.6) is 0 Å². The van der Waals surface area contributed by atoms with Crippen LogP contribution in [-0.2, 0) is 24.8 Å². The fourth-order valence-electron chi connectivity index (χ4n) is 3.25. The molecule has 0 radical (unpaired) electrons. The molecule has 26 heavy (non-hydrogen) atoms. The minimum atomic E-state index is -3.70. The first kappa shape index (κ1) is 19.3. The number of anilines is 1. The first-order valence-corrected chi connectivity index (χ1v) is 11.7. The Kier molecular flexibility index (Phi) is 5.38. The highest BCUT2D eigenvalue weighted by atomic mass is 32.2. The monoisotopic (exact) mass is 401 g/mol. The summed E-state index contributed by atoms with van der Waals surface area (Å²) in [6.45, 7) is 4.26. The lowest BCUT2D eigenvalue weighted by molar-refractivity contribution is -0.116. The quantitative estimate of drug-likeness (QED) is 0.745. The Bertz CT molecular complexity index is 875. The van der Waals surface area contributed by atoms with E-state index in [4.69, 9.17) is 0 Å². The molecule has 2 saturated heterocycles. The third-order valence-electron chi connectivity index (χ3n) is 4.79. The Morgan fingerprint density at radius 2 is 1.77 bits per heavy atom. The van der Waals surface area contributed by atoms with E-state index < -0.39 is 26.0 Å². The second-order valence-corrected chi connectivity index (χ2v) is 10.4. The van der Waals surface area contributed by atoms with Gasteiger partial charge in [-0.1, -0.05) is 0 Å². The molecule has 2 heterocycles. The van der Waals surface area contributed by atoms with Crippen LogP contribution in [0, 0.1) is 0 Å². The third-order valence-corrected chi connectivity index (χ3v) is 7.92. The molecule has 1 unspecified atom stereocenters. The molecular formula is C16H23N3O5S2. The van der Waals surface area contributed by atoms with Gasteiger partial charge in [0.25, 0.3) is 0 Å². The lowest BCUT2D eigenvalue weighted by atomic mass is 10.3. The molecule has 10 heteroatoms. The Labute approximate surface area is 154 Å². The number of nitrogens with one attached hydrogen (secondary N) is 1. The molecule has 144 valence electrons. The molecule has 3 rings (SSSR count). The zero-order chi connectivity index (χ0) is 18.9. The summed E-state index contributed by atoms with van der Waals surface area (Å²) in [5.41, 5.74) is 0.164. The number of hydrogen-bond donors (Lipinski definition) is 1. The molecule has 0 spiro atoms. The van der Waals surface area contributed by atoms with E-state index in [0.29, 0.717) is 6.54 Å². The number of likely N-dealkylation sites (tertiary alicyclic amines) is 1. The van der Waals surface area contributed by atoms with Crippen LogP contribution in [0.4, 0.5) is 5.69 Å². The summed E-state index contributed by atoms with van der Waals surface area (Å²) >= 11 is 0. The molecule has 1 aromatic carbocycles. The zero-order valence-corrected chi connectivity index (χ0v) is 16.2. The second kappa shape index (κ2) is 7.26. The van der Waals surface area contributed by atoms with E-state index in [9.17, 15) is 21.6 Å². The van der Waals surface area contributed by atoms with Crippen molar-refractivity contribution in [1.82, 2.24) is 9.62 Å². The Morgan fingerprint density at radius 3 is 2.31 bits per heavy atom. The van der Waals surface area contributed by atoms with Crippen molar-refractivity contribution in [2.24, 2.45) is 0 Å². The van der Waals surface area contributed by atoms with Crippen molar-refractivity contribution in [1.29, 1.82) is 0 Å². The van der Waals surface area contributed by atoms with Gasteiger partial charge in [-0.15, -0.1) is 0 Å². The van der Waals surface area contributed by atoms with E-state index in [1.807, 2.05) is 6.92 Å². The van der Waals surface area contributed by atoms with Gasteiger partial charge in [0.15, 0.2) is 0 Å². The number of nitrogens with zero attached hydrogens (tertiary/aromatic N) is 2. The van der Waals surface area contributed by atoms with Crippen molar-refractivity contribution in [3.63, 3.8) is 0 Å². The molecule has 2 fully saturated rings. The normalized spacial score (nSPS) is 22.0. The lowest BCUT2D eigenvalue weighted by Gasteiger charge is -2.23. The van der Waals surface area contributed by atoms with Gasteiger partial charge >= 0.3 is 0 Å².